The van der Waals surface area contributed by atoms with Crippen LogP contribution in [-0.2, 0) is 13.1 Å². The van der Waals surface area contributed by atoms with Crippen molar-refractivity contribution in [2.45, 2.75) is 13.1 Å². The van der Waals surface area contributed by atoms with E-state index in [1.807, 2.05) is 24.3 Å². The molecule has 0 saturated heterocycles. The van der Waals surface area contributed by atoms with Crippen molar-refractivity contribution in [1.29, 1.82) is 0 Å². The molecule has 1 heterocycles. The molecule has 4 rings (SSSR count). The Balaban J connectivity index is 1.61. The zero-order valence-electron chi connectivity index (χ0n) is 17.3. The summed E-state index contributed by atoms with van der Waals surface area (Å²) in [5.74, 6) is 0.0537. The minimum Gasteiger partial charge on any atom is -0.496 e. The van der Waals surface area contributed by atoms with Crippen LogP contribution in [0.1, 0.15) is 21.6 Å². The van der Waals surface area contributed by atoms with Crippen molar-refractivity contribution in [2.75, 3.05) is 7.11 Å². The highest BCUT2D eigenvalue weighted by molar-refractivity contribution is 5.94. The topological polar surface area (TPSA) is 55.6 Å². The van der Waals surface area contributed by atoms with E-state index in [1.165, 1.54) is 36.4 Å². The summed E-state index contributed by atoms with van der Waals surface area (Å²) < 4.78 is 37.5. The maximum atomic E-state index is 13.3. The van der Waals surface area contributed by atoms with Gasteiger partial charge < -0.3 is 14.2 Å². The number of carbonyl (C=O) groups excluding carboxylic acids is 1. The lowest BCUT2D eigenvalue weighted by Crippen LogP contribution is -2.30. The summed E-state index contributed by atoms with van der Waals surface area (Å²) in [7, 11) is 1.57. The Kier molecular flexibility index (Phi) is 6.26. The first-order valence-electron chi connectivity index (χ1n) is 9.92. The monoisotopic (exact) mass is 434 g/mol. The summed E-state index contributed by atoms with van der Waals surface area (Å²) in [4.78, 5) is 14.7. The van der Waals surface area contributed by atoms with Crippen LogP contribution >= 0.6 is 0 Å². The van der Waals surface area contributed by atoms with Crippen LogP contribution in [0.2, 0.25) is 0 Å². The van der Waals surface area contributed by atoms with Gasteiger partial charge in [-0.15, -0.1) is 0 Å². The SMILES string of the molecule is COc1ccccc1-c1cc(CN(Cc2ccc(F)cc2)C(=O)c2ccc(F)cc2)no1. The summed E-state index contributed by atoms with van der Waals surface area (Å²) in [6.45, 7) is 0.361. The fourth-order valence-corrected chi connectivity index (χ4v) is 3.34. The second-order valence-corrected chi connectivity index (χ2v) is 7.18. The van der Waals surface area contributed by atoms with E-state index in [0.717, 1.165) is 11.1 Å². The summed E-state index contributed by atoms with van der Waals surface area (Å²) >= 11 is 0. The highest BCUT2D eigenvalue weighted by Gasteiger charge is 2.20. The van der Waals surface area contributed by atoms with E-state index in [4.69, 9.17) is 9.26 Å². The van der Waals surface area contributed by atoms with Gasteiger partial charge in [0.25, 0.3) is 5.91 Å². The molecule has 0 aliphatic carbocycles. The molecule has 5 nitrogen and oxygen atoms in total. The van der Waals surface area contributed by atoms with Gasteiger partial charge in [-0.05, 0) is 54.1 Å². The Bertz CT molecular complexity index is 1200. The molecule has 4 aromatic rings. The van der Waals surface area contributed by atoms with E-state index >= 15 is 0 Å². The van der Waals surface area contributed by atoms with Gasteiger partial charge in [-0.1, -0.05) is 29.4 Å². The maximum absolute atomic E-state index is 13.3. The van der Waals surface area contributed by atoms with Crippen LogP contribution in [-0.4, -0.2) is 23.1 Å². The van der Waals surface area contributed by atoms with Gasteiger partial charge >= 0.3 is 0 Å². The number of rotatable bonds is 7. The lowest BCUT2D eigenvalue weighted by Gasteiger charge is -2.22. The van der Waals surface area contributed by atoms with Crippen LogP contribution in [0.4, 0.5) is 8.78 Å². The molecule has 1 aromatic heterocycles. The van der Waals surface area contributed by atoms with Crippen molar-refractivity contribution in [2.24, 2.45) is 0 Å². The van der Waals surface area contributed by atoms with Crippen LogP contribution < -0.4 is 4.74 Å². The molecule has 0 unspecified atom stereocenters. The lowest BCUT2D eigenvalue weighted by molar-refractivity contribution is 0.0726. The van der Waals surface area contributed by atoms with Crippen molar-refractivity contribution < 1.29 is 22.8 Å². The Morgan fingerprint density at radius 1 is 0.938 bits per heavy atom. The van der Waals surface area contributed by atoms with Gasteiger partial charge in [-0.3, -0.25) is 4.79 Å². The Labute approximate surface area is 183 Å². The van der Waals surface area contributed by atoms with Crippen molar-refractivity contribution >= 4 is 5.91 Å². The summed E-state index contributed by atoms with van der Waals surface area (Å²) in [6, 6.07) is 20.4. The molecule has 32 heavy (non-hydrogen) atoms. The number of nitrogens with zero attached hydrogens (tertiary/aromatic N) is 2. The van der Waals surface area contributed by atoms with Gasteiger partial charge in [0.2, 0.25) is 0 Å². The molecule has 1 amide bonds. The van der Waals surface area contributed by atoms with E-state index in [-0.39, 0.29) is 24.8 Å². The molecule has 3 aromatic carbocycles. The molecule has 0 atom stereocenters. The molecule has 0 aliphatic heterocycles. The van der Waals surface area contributed by atoms with Gasteiger partial charge in [-0.2, -0.15) is 0 Å². The third-order valence-electron chi connectivity index (χ3n) is 4.95. The molecule has 0 spiro atoms. The normalized spacial score (nSPS) is 10.7. The zero-order chi connectivity index (χ0) is 22.5. The molecular formula is C25H20F2N2O3. The first-order chi connectivity index (χ1) is 15.5. The number of amides is 1. The van der Waals surface area contributed by atoms with Crippen LogP contribution in [0.25, 0.3) is 11.3 Å². The molecule has 0 fully saturated rings. The van der Waals surface area contributed by atoms with Gasteiger partial charge in [0, 0.05) is 18.2 Å². The molecule has 0 radical (unpaired) electrons. The molecule has 0 saturated carbocycles. The Morgan fingerprint density at radius 3 is 2.28 bits per heavy atom. The van der Waals surface area contributed by atoms with E-state index in [9.17, 15) is 13.6 Å². The molecule has 7 heteroatoms. The number of hydrogen-bond donors (Lipinski definition) is 0. The third kappa shape index (κ3) is 4.83. The third-order valence-corrected chi connectivity index (χ3v) is 4.95. The first kappa shape index (κ1) is 21.2. The summed E-state index contributed by atoms with van der Waals surface area (Å²) in [5.41, 5.74) is 2.35. The van der Waals surface area contributed by atoms with Gasteiger partial charge in [-0.25, -0.2) is 8.78 Å². The first-order valence-corrected chi connectivity index (χ1v) is 9.92. The predicted octanol–water partition coefficient (Wildman–Crippen LogP) is 5.47. The second kappa shape index (κ2) is 9.43. The number of hydrogen-bond acceptors (Lipinski definition) is 4. The Morgan fingerprint density at radius 2 is 1.59 bits per heavy atom. The van der Waals surface area contributed by atoms with Gasteiger partial charge in [0.05, 0.1) is 19.2 Å². The van der Waals surface area contributed by atoms with Crippen molar-refractivity contribution in [1.82, 2.24) is 10.1 Å². The standard InChI is InChI=1S/C25H20F2N2O3/c1-31-23-5-3-2-4-22(23)24-14-21(28-32-24)16-29(15-17-6-10-19(26)11-7-17)25(30)18-8-12-20(27)13-9-18/h2-14H,15-16H2,1H3. The zero-order valence-corrected chi connectivity index (χ0v) is 17.3. The summed E-state index contributed by atoms with van der Waals surface area (Å²) in [6.07, 6.45) is 0. The number of benzene rings is 3. The number of para-hydroxylation sites is 1. The largest absolute Gasteiger partial charge is 0.496 e. The molecule has 162 valence electrons. The highest BCUT2D eigenvalue weighted by atomic mass is 19.1. The average Bonchev–Trinajstić information content (AvgIpc) is 3.28. The van der Waals surface area contributed by atoms with E-state index < -0.39 is 5.82 Å². The van der Waals surface area contributed by atoms with Crippen molar-refractivity contribution in [3.8, 4) is 17.1 Å². The predicted molar refractivity (Wildman–Crippen MR) is 115 cm³/mol. The van der Waals surface area contributed by atoms with Gasteiger partial charge in [0.15, 0.2) is 5.76 Å². The number of methoxy groups -OCH3 is 1. The molecule has 0 aliphatic rings. The van der Waals surface area contributed by atoms with Crippen molar-refractivity contribution in [3.05, 3.63) is 107 Å². The second-order valence-electron chi connectivity index (χ2n) is 7.18. The van der Waals surface area contributed by atoms with E-state index in [2.05, 4.69) is 5.16 Å². The fourth-order valence-electron chi connectivity index (χ4n) is 3.34. The van der Waals surface area contributed by atoms with Gasteiger partial charge in [0.1, 0.15) is 23.1 Å². The van der Waals surface area contributed by atoms with Crippen LogP contribution in [0, 0.1) is 11.6 Å². The Hall–Kier alpha value is -4.00. The van der Waals surface area contributed by atoms with E-state index in [1.54, 1.807) is 30.2 Å². The fraction of sp³-hybridized carbons (Fsp3) is 0.120. The van der Waals surface area contributed by atoms with Crippen LogP contribution in [0.5, 0.6) is 5.75 Å². The number of aromatic nitrogens is 1. The summed E-state index contributed by atoms with van der Waals surface area (Å²) in [5, 5.41) is 4.11. The average molecular weight is 434 g/mol. The molecule has 0 bridgehead atoms. The quantitative estimate of drug-likeness (QED) is 0.387. The maximum Gasteiger partial charge on any atom is 0.254 e. The minimum atomic E-state index is -0.426. The number of ether oxygens (including phenoxy) is 1. The number of halogens is 2. The lowest BCUT2D eigenvalue weighted by atomic mass is 10.1. The smallest absolute Gasteiger partial charge is 0.254 e. The minimum absolute atomic E-state index is 0.145. The number of carbonyl (C=O) groups is 1. The molecular weight excluding hydrogens is 414 g/mol. The van der Waals surface area contributed by atoms with Crippen LogP contribution in [0.3, 0.4) is 0 Å². The van der Waals surface area contributed by atoms with E-state index in [0.29, 0.717) is 22.8 Å². The van der Waals surface area contributed by atoms with Crippen LogP contribution in [0.15, 0.2) is 83.4 Å². The molecule has 0 N–H and O–H groups in total. The van der Waals surface area contributed by atoms with Crippen molar-refractivity contribution in [3.63, 3.8) is 0 Å². The highest BCUT2D eigenvalue weighted by Crippen LogP contribution is 2.30.